The first-order chi connectivity index (χ1) is 14.3. The molecule has 10 heteroatoms. The minimum absolute atomic E-state index is 0.00460. The Kier molecular flexibility index (Phi) is 4.44. The lowest BCUT2D eigenvalue weighted by atomic mass is 10.1. The van der Waals surface area contributed by atoms with Crippen molar-refractivity contribution in [2.75, 3.05) is 26.1 Å². The summed E-state index contributed by atoms with van der Waals surface area (Å²) in [6, 6.07) is 6.17. The summed E-state index contributed by atoms with van der Waals surface area (Å²) < 4.78 is 45.2. The van der Waals surface area contributed by atoms with Gasteiger partial charge in [-0.25, -0.2) is 0 Å². The van der Waals surface area contributed by atoms with Crippen LogP contribution in [-0.2, 0) is 6.42 Å². The summed E-state index contributed by atoms with van der Waals surface area (Å²) in [5.74, 6) is -0.509. The molecular weight excluding hydrogens is 355 g/mol. The number of nitrogens with zero attached hydrogens (tertiary/aromatic N) is 4. The molecular formula is C17H17FN6O3. The number of ether oxygens (including phenoxy) is 1. The lowest BCUT2D eigenvalue weighted by Crippen LogP contribution is -2.21. The molecule has 0 saturated heterocycles. The molecule has 27 heavy (non-hydrogen) atoms. The Balaban J connectivity index is 2.08. The van der Waals surface area contributed by atoms with Gasteiger partial charge in [-0.2, -0.15) is 10.1 Å². The number of rotatable bonds is 7. The zero-order chi connectivity index (χ0) is 21.7. The Labute approximate surface area is 158 Å². The van der Waals surface area contributed by atoms with Gasteiger partial charge in [-0.1, -0.05) is 11.2 Å². The van der Waals surface area contributed by atoms with E-state index in [0.29, 0.717) is 0 Å². The molecule has 0 aliphatic carbocycles. The lowest BCUT2D eigenvalue weighted by molar-refractivity contribution is 0.0958. The average Bonchev–Trinajstić information content (AvgIpc) is 3.17. The first-order valence-corrected chi connectivity index (χ1v) is 7.84. The topological polar surface area (TPSA) is 115 Å². The molecule has 0 unspecified atom stereocenters. The van der Waals surface area contributed by atoms with Crippen LogP contribution in [-0.4, -0.2) is 47.0 Å². The highest BCUT2D eigenvalue weighted by molar-refractivity contribution is 5.98. The van der Waals surface area contributed by atoms with Crippen molar-refractivity contribution < 1.29 is 22.6 Å². The largest absolute Gasteiger partial charge is 0.494 e. The van der Waals surface area contributed by atoms with Crippen LogP contribution in [0.3, 0.4) is 0 Å². The molecule has 2 heterocycles. The van der Waals surface area contributed by atoms with E-state index in [4.69, 9.17) is 13.4 Å². The Morgan fingerprint density at radius 3 is 3.04 bits per heavy atom. The third-order valence-electron chi connectivity index (χ3n) is 3.57. The van der Waals surface area contributed by atoms with E-state index in [2.05, 4.69) is 31.0 Å². The number of aromatic nitrogens is 4. The molecule has 0 spiro atoms. The van der Waals surface area contributed by atoms with Gasteiger partial charge >= 0.3 is 0 Å². The highest BCUT2D eigenvalue weighted by Crippen LogP contribution is 2.36. The molecule has 1 amide bonds. The van der Waals surface area contributed by atoms with E-state index in [0.717, 1.165) is 0 Å². The Morgan fingerprint density at radius 2 is 2.26 bits per heavy atom. The van der Waals surface area contributed by atoms with Crippen molar-refractivity contribution >= 4 is 17.3 Å². The Hall–Kier alpha value is -3.56. The number of carbonyl (C=O) groups excluding carboxylic acids is 1. The van der Waals surface area contributed by atoms with Crippen molar-refractivity contribution in [1.29, 1.82) is 0 Å². The number of hydrogen-bond donors (Lipinski definition) is 2. The molecule has 0 bridgehead atoms. The molecule has 0 atom stereocenters. The van der Waals surface area contributed by atoms with Gasteiger partial charge in [0.15, 0.2) is 11.4 Å². The third kappa shape index (κ3) is 3.84. The molecule has 0 radical (unpaired) electrons. The van der Waals surface area contributed by atoms with Gasteiger partial charge in [0.1, 0.15) is 0 Å². The fraction of sp³-hybridized carbons (Fsp3) is 0.235. The Bertz CT molecular complexity index is 1040. The molecule has 140 valence electrons. The quantitative estimate of drug-likeness (QED) is 0.645. The van der Waals surface area contributed by atoms with E-state index >= 15 is 0 Å². The molecule has 1 aromatic carbocycles. The molecule has 3 rings (SSSR count). The van der Waals surface area contributed by atoms with Crippen molar-refractivity contribution in [2.45, 2.75) is 6.42 Å². The second-order valence-corrected chi connectivity index (χ2v) is 5.23. The zero-order valence-electron chi connectivity index (χ0n) is 17.2. The number of methoxy groups -OCH3 is 1. The number of carbonyl (C=O) groups is 1. The Morgan fingerprint density at radius 1 is 1.37 bits per heavy atom. The molecule has 2 N–H and O–H groups in total. The fourth-order valence-corrected chi connectivity index (χ4v) is 2.33. The lowest BCUT2D eigenvalue weighted by Gasteiger charge is -2.14. The minimum atomic E-state index is -2.79. The van der Waals surface area contributed by atoms with Gasteiger partial charge in [0, 0.05) is 7.05 Å². The number of nitrogens with one attached hydrogen (secondary N) is 2. The first kappa shape index (κ1) is 14.6. The van der Waals surface area contributed by atoms with Crippen LogP contribution in [0.2, 0.25) is 0 Å². The molecule has 3 aromatic rings. The van der Waals surface area contributed by atoms with E-state index in [1.165, 1.54) is 25.4 Å². The van der Waals surface area contributed by atoms with Gasteiger partial charge in [0.2, 0.25) is 11.7 Å². The van der Waals surface area contributed by atoms with Gasteiger partial charge in [0.25, 0.3) is 5.91 Å². The number of hydrogen-bond acceptors (Lipinski definition) is 8. The van der Waals surface area contributed by atoms with Crippen molar-refractivity contribution in [1.82, 2.24) is 25.7 Å². The summed E-state index contributed by atoms with van der Waals surface area (Å²) in [5, 5.41) is 16.6. The van der Waals surface area contributed by atoms with Crippen molar-refractivity contribution in [3.05, 3.63) is 42.0 Å². The average molecular weight is 375 g/mol. The molecule has 0 saturated carbocycles. The monoisotopic (exact) mass is 375 g/mol. The van der Waals surface area contributed by atoms with Crippen molar-refractivity contribution in [3.8, 4) is 17.1 Å². The van der Waals surface area contributed by atoms with Crippen LogP contribution >= 0.6 is 0 Å². The highest BCUT2D eigenvalue weighted by Gasteiger charge is 2.18. The third-order valence-corrected chi connectivity index (χ3v) is 3.57. The van der Waals surface area contributed by atoms with Crippen molar-refractivity contribution in [3.63, 3.8) is 0 Å². The number of anilines is 2. The molecule has 9 nitrogen and oxygen atoms in total. The van der Waals surface area contributed by atoms with Gasteiger partial charge in [-0.15, -0.1) is 5.10 Å². The van der Waals surface area contributed by atoms with Gasteiger partial charge in [0.05, 0.1) is 47.4 Å². The number of amides is 1. The SMILES string of the molecule is [2H]C([2H])([2H])Oc1c(Nc2ccnnc2C(=O)NC)cccc1-c1noc(CCF)n1. The smallest absolute Gasteiger partial charge is 0.273 e. The predicted molar refractivity (Wildman–Crippen MR) is 94.7 cm³/mol. The standard InChI is InChI=1S/C17H17FN6O3/c1-19-17(25)14-11(7-9-20-23-14)21-12-5-3-4-10(15(12)26-2)16-22-13(6-8-18)27-24-16/h3-5,7,9H,6,8H2,1-2H3,(H,19,25)(H,20,21)/i2D3. The minimum Gasteiger partial charge on any atom is -0.494 e. The maximum Gasteiger partial charge on any atom is 0.273 e. The van der Waals surface area contributed by atoms with E-state index in [-0.39, 0.29) is 46.5 Å². The van der Waals surface area contributed by atoms with E-state index < -0.39 is 19.6 Å². The summed E-state index contributed by atoms with van der Waals surface area (Å²) in [5.41, 5.74) is 0.672. The first-order valence-electron chi connectivity index (χ1n) is 9.34. The summed E-state index contributed by atoms with van der Waals surface area (Å²) in [6.45, 7) is -0.681. The normalized spacial score (nSPS) is 12.6. The highest BCUT2D eigenvalue weighted by atomic mass is 19.1. The summed E-state index contributed by atoms with van der Waals surface area (Å²) in [6.07, 6.45) is 1.30. The van der Waals surface area contributed by atoms with Crippen LogP contribution in [0.1, 0.15) is 20.5 Å². The van der Waals surface area contributed by atoms with Crippen LogP contribution in [0.4, 0.5) is 15.8 Å². The van der Waals surface area contributed by atoms with E-state index in [1.807, 2.05) is 0 Å². The maximum atomic E-state index is 12.6. The summed E-state index contributed by atoms with van der Waals surface area (Å²) >= 11 is 0. The number of aryl methyl sites for hydroxylation is 1. The molecule has 0 aliphatic heterocycles. The van der Waals surface area contributed by atoms with Crippen molar-refractivity contribution in [2.24, 2.45) is 0 Å². The van der Waals surface area contributed by atoms with Crippen LogP contribution in [0, 0.1) is 0 Å². The van der Waals surface area contributed by atoms with Crippen LogP contribution < -0.4 is 15.4 Å². The molecule has 0 fully saturated rings. The number of para-hydroxylation sites is 1. The van der Waals surface area contributed by atoms with Crippen LogP contribution in [0.5, 0.6) is 5.75 Å². The van der Waals surface area contributed by atoms with Gasteiger partial charge < -0.3 is 19.9 Å². The fourth-order valence-electron chi connectivity index (χ4n) is 2.33. The maximum absolute atomic E-state index is 12.6. The second-order valence-electron chi connectivity index (χ2n) is 5.23. The van der Waals surface area contributed by atoms with Crippen LogP contribution in [0.15, 0.2) is 35.0 Å². The van der Waals surface area contributed by atoms with Crippen LogP contribution in [0.25, 0.3) is 11.4 Å². The van der Waals surface area contributed by atoms with E-state index in [1.54, 1.807) is 12.1 Å². The predicted octanol–water partition coefficient (Wildman–Crippen LogP) is 2.15. The molecule has 0 aliphatic rings. The number of alkyl halides is 1. The van der Waals surface area contributed by atoms with E-state index in [9.17, 15) is 9.18 Å². The van der Waals surface area contributed by atoms with Gasteiger partial charge in [-0.3, -0.25) is 9.18 Å². The van der Waals surface area contributed by atoms with Gasteiger partial charge in [-0.05, 0) is 18.2 Å². The zero-order valence-corrected chi connectivity index (χ0v) is 14.2. The number of benzene rings is 1. The second kappa shape index (κ2) is 8.21. The summed E-state index contributed by atoms with van der Waals surface area (Å²) in [7, 11) is -1.35. The summed E-state index contributed by atoms with van der Waals surface area (Å²) in [4.78, 5) is 16.1. The number of halogens is 1. The molecule has 2 aromatic heterocycles.